The Morgan fingerprint density at radius 1 is 1.46 bits per heavy atom. The number of thioether (sulfide) groups is 1. The van der Waals surface area contributed by atoms with Crippen molar-refractivity contribution in [3.05, 3.63) is 23.8 Å². The molecule has 0 atom stereocenters. The first-order chi connectivity index (χ1) is 6.15. The lowest BCUT2D eigenvalue weighted by atomic mass is 10.2. The van der Waals surface area contributed by atoms with E-state index in [1.807, 2.05) is 25.1 Å². The van der Waals surface area contributed by atoms with Crippen LogP contribution in [-0.2, 0) is 4.79 Å². The van der Waals surface area contributed by atoms with Gasteiger partial charge in [-0.15, -0.1) is 0 Å². The molecule has 0 spiro atoms. The summed E-state index contributed by atoms with van der Waals surface area (Å²) in [6.45, 7) is 3.51. The molecule has 0 unspecified atom stereocenters. The number of rotatable bonds is 2. The zero-order chi connectivity index (χ0) is 9.84. The molecular weight excluding hydrogens is 184 g/mol. The van der Waals surface area contributed by atoms with Gasteiger partial charge in [-0.3, -0.25) is 4.79 Å². The van der Waals surface area contributed by atoms with Crippen molar-refractivity contribution in [2.45, 2.75) is 18.7 Å². The van der Waals surface area contributed by atoms with E-state index in [1.54, 1.807) is 14.0 Å². The molecule has 0 radical (unpaired) electrons. The molecule has 13 heavy (non-hydrogen) atoms. The number of benzene rings is 1. The van der Waals surface area contributed by atoms with E-state index in [1.165, 1.54) is 11.8 Å². The number of carbonyl (C=O) groups is 1. The zero-order valence-corrected chi connectivity index (χ0v) is 8.77. The Hall–Kier alpha value is -0.960. The predicted molar refractivity (Wildman–Crippen MR) is 54.3 cm³/mol. The number of methoxy groups -OCH3 is 1. The number of carbonyl (C=O) groups excluding carboxylic acids is 1. The summed E-state index contributed by atoms with van der Waals surface area (Å²) < 4.78 is 5.14. The van der Waals surface area contributed by atoms with Crippen LogP contribution >= 0.6 is 11.8 Å². The lowest BCUT2D eigenvalue weighted by molar-refractivity contribution is -0.109. The van der Waals surface area contributed by atoms with Crippen LogP contribution < -0.4 is 4.74 Å². The smallest absolute Gasteiger partial charge is 0.190 e. The molecule has 0 fully saturated rings. The van der Waals surface area contributed by atoms with Crippen LogP contribution in [0.5, 0.6) is 5.75 Å². The highest BCUT2D eigenvalue weighted by atomic mass is 32.2. The molecule has 0 saturated heterocycles. The van der Waals surface area contributed by atoms with Crippen LogP contribution in [0.4, 0.5) is 0 Å². The number of hydrogen-bond acceptors (Lipinski definition) is 3. The summed E-state index contributed by atoms with van der Waals surface area (Å²) in [5.74, 6) is 0.825. The van der Waals surface area contributed by atoms with E-state index in [0.29, 0.717) is 0 Å². The molecule has 1 aromatic carbocycles. The minimum absolute atomic E-state index is 0.0938. The zero-order valence-electron chi connectivity index (χ0n) is 7.96. The van der Waals surface area contributed by atoms with Crippen LogP contribution in [0, 0.1) is 6.92 Å². The maximum Gasteiger partial charge on any atom is 0.190 e. The van der Waals surface area contributed by atoms with Gasteiger partial charge in [0, 0.05) is 17.4 Å². The van der Waals surface area contributed by atoms with Gasteiger partial charge < -0.3 is 4.74 Å². The molecule has 0 aliphatic heterocycles. The fourth-order valence-electron chi connectivity index (χ4n) is 1.08. The van der Waals surface area contributed by atoms with Crippen molar-refractivity contribution in [3.63, 3.8) is 0 Å². The molecule has 0 bridgehead atoms. The fraction of sp³-hybridized carbons (Fsp3) is 0.300. The highest BCUT2D eigenvalue weighted by molar-refractivity contribution is 8.13. The van der Waals surface area contributed by atoms with Crippen LogP contribution in [0.2, 0.25) is 0 Å². The minimum atomic E-state index is 0.0938. The SMILES string of the molecule is COc1cccc(SC(C)=O)c1C. The summed E-state index contributed by atoms with van der Waals surface area (Å²) in [5, 5.41) is 0.0938. The second-order valence-electron chi connectivity index (χ2n) is 2.68. The van der Waals surface area contributed by atoms with Gasteiger partial charge in [0.2, 0.25) is 0 Å². The Balaban J connectivity index is 3.01. The van der Waals surface area contributed by atoms with Crippen molar-refractivity contribution < 1.29 is 9.53 Å². The van der Waals surface area contributed by atoms with Gasteiger partial charge in [0.05, 0.1) is 7.11 Å². The first kappa shape index (κ1) is 10.1. The summed E-state index contributed by atoms with van der Waals surface area (Å²) in [7, 11) is 1.63. The largest absolute Gasteiger partial charge is 0.496 e. The van der Waals surface area contributed by atoms with Gasteiger partial charge in [-0.25, -0.2) is 0 Å². The van der Waals surface area contributed by atoms with Gasteiger partial charge >= 0.3 is 0 Å². The Kier molecular flexibility index (Phi) is 3.37. The molecule has 0 saturated carbocycles. The van der Waals surface area contributed by atoms with Gasteiger partial charge in [-0.2, -0.15) is 0 Å². The van der Waals surface area contributed by atoms with Crippen molar-refractivity contribution in [2.75, 3.05) is 7.11 Å². The van der Waals surface area contributed by atoms with Gasteiger partial charge in [0.15, 0.2) is 5.12 Å². The third-order valence-electron chi connectivity index (χ3n) is 1.71. The average molecular weight is 196 g/mol. The Morgan fingerprint density at radius 2 is 2.15 bits per heavy atom. The molecule has 1 aromatic rings. The minimum Gasteiger partial charge on any atom is -0.496 e. The summed E-state index contributed by atoms with van der Waals surface area (Å²) in [6, 6.07) is 5.69. The van der Waals surface area contributed by atoms with Crippen LogP contribution in [0.25, 0.3) is 0 Å². The van der Waals surface area contributed by atoms with E-state index >= 15 is 0 Å². The highest BCUT2D eigenvalue weighted by Gasteiger charge is 2.06. The molecule has 0 heterocycles. The summed E-state index contributed by atoms with van der Waals surface area (Å²) >= 11 is 1.24. The Labute approximate surface area is 82.3 Å². The van der Waals surface area contributed by atoms with E-state index in [9.17, 15) is 4.79 Å². The molecule has 0 aliphatic rings. The summed E-state index contributed by atoms with van der Waals surface area (Å²) in [6.07, 6.45) is 0. The normalized spacial score (nSPS) is 9.77. The lowest BCUT2D eigenvalue weighted by Crippen LogP contribution is -1.90. The van der Waals surface area contributed by atoms with Crippen molar-refractivity contribution >= 4 is 16.9 Å². The van der Waals surface area contributed by atoms with E-state index < -0.39 is 0 Å². The third-order valence-corrected chi connectivity index (χ3v) is 2.66. The second kappa shape index (κ2) is 4.33. The quantitative estimate of drug-likeness (QED) is 0.680. The first-order valence-electron chi connectivity index (χ1n) is 3.97. The van der Waals surface area contributed by atoms with Gasteiger partial charge in [-0.05, 0) is 19.1 Å². The average Bonchev–Trinajstić information content (AvgIpc) is 2.08. The van der Waals surface area contributed by atoms with Crippen molar-refractivity contribution in [2.24, 2.45) is 0 Å². The van der Waals surface area contributed by atoms with Gasteiger partial charge in [0.1, 0.15) is 5.75 Å². The summed E-state index contributed by atoms with van der Waals surface area (Å²) in [5.41, 5.74) is 1.02. The molecule has 70 valence electrons. The molecular formula is C10H12O2S. The number of hydrogen-bond donors (Lipinski definition) is 0. The van der Waals surface area contributed by atoms with Crippen molar-refractivity contribution in [1.29, 1.82) is 0 Å². The van der Waals surface area contributed by atoms with Crippen LogP contribution in [0.15, 0.2) is 23.1 Å². The Bertz CT molecular complexity index is 321. The highest BCUT2D eigenvalue weighted by Crippen LogP contribution is 2.29. The van der Waals surface area contributed by atoms with Crippen LogP contribution in [0.3, 0.4) is 0 Å². The Morgan fingerprint density at radius 3 is 2.69 bits per heavy atom. The molecule has 0 aliphatic carbocycles. The van der Waals surface area contributed by atoms with Crippen molar-refractivity contribution in [1.82, 2.24) is 0 Å². The second-order valence-corrected chi connectivity index (χ2v) is 3.90. The molecule has 0 aromatic heterocycles. The maximum absolute atomic E-state index is 10.9. The summed E-state index contributed by atoms with van der Waals surface area (Å²) in [4.78, 5) is 11.9. The van der Waals surface area contributed by atoms with Gasteiger partial charge in [0.25, 0.3) is 0 Å². The lowest BCUT2D eigenvalue weighted by Gasteiger charge is -2.07. The first-order valence-corrected chi connectivity index (χ1v) is 4.79. The molecule has 0 N–H and O–H groups in total. The van der Waals surface area contributed by atoms with Crippen LogP contribution in [0.1, 0.15) is 12.5 Å². The van der Waals surface area contributed by atoms with E-state index in [4.69, 9.17) is 4.74 Å². The predicted octanol–water partition coefficient (Wildman–Crippen LogP) is 2.64. The van der Waals surface area contributed by atoms with Crippen LogP contribution in [-0.4, -0.2) is 12.2 Å². The topological polar surface area (TPSA) is 26.3 Å². The van der Waals surface area contributed by atoms with Crippen molar-refractivity contribution in [3.8, 4) is 5.75 Å². The van der Waals surface area contributed by atoms with Gasteiger partial charge in [-0.1, -0.05) is 17.8 Å². The maximum atomic E-state index is 10.9. The molecule has 1 rings (SSSR count). The third kappa shape index (κ3) is 2.49. The standard InChI is InChI=1S/C10H12O2S/c1-7-9(12-3)5-4-6-10(7)13-8(2)11/h4-6H,1-3H3. The monoisotopic (exact) mass is 196 g/mol. The fourth-order valence-corrected chi connectivity index (χ4v) is 1.79. The number of ether oxygens (including phenoxy) is 1. The molecule has 3 heteroatoms. The molecule has 2 nitrogen and oxygen atoms in total. The van der Waals surface area contributed by atoms with E-state index in [0.717, 1.165) is 16.2 Å². The van der Waals surface area contributed by atoms with E-state index in [-0.39, 0.29) is 5.12 Å². The van der Waals surface area contributed by atoms with E-state index in [2.05, 4.69) is 0 Å². The molecule has 0 amide bonds.